The summed E-state index contributed by atoms with van der Waals surface area (Å²) < 4.78 is 0. The number of aromatic amines is 1. The summed E-state index contributed by atoms with van der Waals surface area (Å²) >= 11 is 0. The number of benzene rings is 1. The van der Waals surface area contributed by atoms with Crippen molar-refractivity contribution in [3.05, 3.63) is 36.0 Å². The fraction of sp³-hybridized carbons (Fsp3) is 0.480. The Kier molecular flexibility index (Phi) is 11.5. The number of nitrogens with one attached hydrogen (secondary N) is 4. The van der Waals surface area contributed by atoms with Crippen LogP contribution >= 0.6 is 0 Å². The standard InChI is InChI=1S/C25H38N8O5/c1-14(2)10-17(26)22(35)33-20(11-15-12-30-18-7-4-3-6-16(15)18)23(36)31-13-21(34)32-19(24(37)38)8-5-9-29-25(27)28/h3-4,6-7,12,14,17,19-20,30H,5,8-11,13,26H2,1-2H3,(H,31,36)(H,32,34)(H,33,35)(H,37,38)(H4,27,28,29). The smallest absolute Gasteiger partial charge is 0.326 e. The number of aromatic nitrogens is 1. The number of carboxylic acid groups (broad SMARTS) is 1. The molecule has 1 aromatic heterocycles. The average molecular weight is 531 g/mol. The Morgan fingerprint density at radius 2 is 1.76 bits per heavy atom. The predicted octanol–water partition coefficient (Wildman–Crippen LogP) is -0.692. The minimum Gasteiger partial charge on any atom is -0.480 e. The Morgan fingerprint density at radius 1 is 1.05 bits per heavy atom. The van der Waals surface area contributed by atoms with E-state index in [1.165, 1.54) is 0 Å². The third-order valence-electron chi connectivity index (χ3n) is 5.80. The second-order valence-corrected chi connectivity index (χ2v) is 9.49. The van der Waals surface area contributed by atoms with Crippen molar-refractivity contribution in [2.45, 2.75) is 57.7 Å². The first-order valence-corrected chi connectivity index (χ1v) is 12.4. The van der Waals surface area contributed by atoms with Gasteiger partial charge in [-0.1, -0.05) is 32.0 Å². The second-order valence-electron chi connectivity index (χ2n) is 9.49. The first kappa shape index (κ1) is 30.1. The molecule has 0 aliphatic carbocycles. The van der Waals surface area contributed by atoms with Crippen LogP contribution in [0.4, 0.5) is 0 Å². The summed E-state index contributed by atoms with van der Waals surface area (Å²) in [5.74, 6) is -2.92. The van der Waals surface area contributed by atoms with Gasteiger partial charge in [0.2, 0.25) is 17.7 Å². The van der Waals surface area contributed by atoms with Gasteiger partial charge in [0.05, 0.1) is 12.6 Å². The maximum Gasteiger partial charge on any atom is 0.326 e. The molecule has 11 N–H and O–H groups in total. The van der Waals surface area contributed by atoms with Crippen LogP contribution < -0.4 is 33.2 Å². The lowest BCUT2D eigenvalue weighted by Gasteiger charge is -2.21. The number of carboxylic acids is 1. The van der Waals surface area contributed by atoms with Crippen LogP contribution in [0.5, 0.6) is 0 Å². The predicted molar refractivity (Wildman–Crippen MR) is 144 cm³/mol. The molecule has 0 aliphatic rings. The van der Waals surface area contributed by atoms with Crippen molar-refractivity contribution in [3.8, 4) is 0 Å². The van der Waals surface area contributed by atoms with E-state index in [9.17, 15) is 24.3 Å². The van der Waals surface area contributed by atoms with Crippen LogP contribution in [0.1, 0.15) is 38.7 Å². The van der Waals surface area contributed by atoms with Crippen molar-refractivity contribution < 1.29 is 24.3 Å². The number of hydrogen-bond acceptors (Lipinski definition) is 6. The van der Waals surface area contributed by atoms with Crippen LogP contribution in [-0.4, -0.2) is 71.0 Å². The molecule has 38 heavy (non-hydrogen) atoms. The minimum atomic E-state index is -1.22. The maximum absolute atomic E-state index is 13.1. The second kappa shape index (κ2) is 14.6. The molecule has 3 atom stereocenters. The van der Waals surface area contributed by atoms with E-state index in [1.807, 2.05) is 38.1 Å². The van der Waals surface area contributed by atoms with Crippen LogP contribution in [-0.2, 0) is 25.6 Å². The Morgan fingerprint density at radius 3 is 2.42 bits per heavy atom. The number of aliphatic imine (C=N–C) groups is 1. The minimum absolute atomic E-state index is 0.0960. The molecule has 0 spiro atoms. The summed E-state index contributed by atoms with van der Waals surface area (Å²) in [4.78, 5) is 56.6. The highest BCUT2D eigenvalue weighted by Gasteiger charge is 2.26. The van der Waals surface area contributed by atoms with Gasteiger partial charge in [0.25, 0.3) is 0 Å². The first-order valence-electron chi connectivity index (χ1n) is 12.4. The molecule has 3 amide bonds. The van der Waals surface area contributed by atoms with Crippen molar-refractivity contribution in [3.63, 3.8) is 0 Å². The third-order valence-corrected chi connectivity index (χ3v) is 5.80. The van der Waals surface area contributed by atoms with Gasteiger partial charge in [0, 0.05) is 30.1 Å². The quantitative estimate of drug-likeness (QED) is 0.0832. The van der Waals surface area contributed by atoms with Gasteiger partial charge in [-0.2, -0.15) is 0 Å². The number of aliphatic carboxylic acids is 1. The van der Waals surface area contributed by atoms with Crippen LogP contribution in [0.15, 0.2) is 35.5 Å². The maximum atomic E-state index is 13.1. The highest BCUT2D eigenvalue weighted by Crippen LogP contribution is 2.19. The van der Waals surface area contributed by atoms with E-state index >= 15 is 0 Å². The van der Waals surface area contributed by atoms with Crippen molar-refractivity contribution in [2.75, 3.05) is 13.1 Å². The van der Waals surface area contributed by atoms with Gasteiger partial charge in [-0.05, 0) is 36.8 Å². The zero-order chi connectivity index (χ0) is 28.2. The van der Waals surface area contributed by atoms with E-state index in [4.69, 9.17) is 17.2 Å². The van der Waals surface area contributed by atoms with Gasteiger partial charge in [-0.3, -0.25) is 19.4 Å². The number of carbonyl (C=O) groups is 4. The molecule has 0 saturated carbocycles. The fourth-order valence-corrected chi connectivity index (χ4v) is 3.92. The molecule has 0 aliphatic heterocycles. The van der Waals surface area contributed by atoms with Crippen molar-refractivity contribution in [1.82, 2.24) is 20.9 Å². The highest BCUT2D eigenvalue weighted by molar-refractivity contribution is 5.93. The van der Waals surface area contributed by atoms with Crippen molar-refractivity contribution in [1.29, 1.82) is 0 Å². The number of carbonyl (C=O) groups excluding carboxylic acids is 3. The molecule has 0 saturated heterocycles. The summed E-state index contributed by atoms with van der Waals surface area (Å²) in [5.41, 5.74) is 18.2. The van der Waals surface area contributed by atoms with Crippen LogP contribution in [0.2, 0.25) is 0 Å². The van der Waals surface area contributed by atoms with Crippen LogP contribution in [0.25, 0.3) is 10.9 Å². The molecule has 1 heterocycles. The van der Waals surface area contributed by atoms with E-state index in [-0.39, 0.29) is 31.3 Å². The summed E-state index contributed by atoms with van der Waals surface area (Å²) in [6.07, 6.45) is 2.78. The van der Waals surface area contributed by atoms with E-state index < -0.39 is 48.4 Å². The zero-order valence-electron chi connectivity index (χ0n) is 21.7. The summed E-state index contributed by atoms with van der Waals surface area (Å²) in [5, 5.41) is 17.9. The SMILES string of the molecule is CC(C)CC(N)C(=O)NC(Cc1c[nH]c2ccccc12)C(=O)NCC(=O)NC(CCCN=C(N)N)C(=O)O. The van der Waals surface area contributed by atoms with Crippen LogP contribution in [0.3, 0.4) is 0 Å². The van der Waals surface area contributed by atoms with Crippen molar-refractivity contribution >= 4 is 40.6 Å². The van der Waals surface area contributed by atoms with E-state index in [0.29, 0.717) is 12.8 Å². The van der Waals surface area contributed by atoms with Gasteiger partial charge in [0.1, 0.15) is 12.1 Å². The van der Waals surface area contributed by atoms with Gasteiger partial charge in [0.15, 0.2) is 5.96 Å². The number of nitrogens with zero attached hydrogens (tertiary/aromatic N) is 1. The lowest BCUT2D eigenvalue weighted by molar-refractivity contribution is -0.142. The average Bonchev–Trinajstić information content (AvgIpc) is 3.26. The fourth-order valence-electron chi connectivity index (χ4n) is 3.92. The number of fused-ring (bicyclic) bond motifs is 1. The molecule has 3 unspecified atom stereocenters. The molecule has 1 aromatic carbocycles. The molecule has 0 fully saturated rings. The lowest BCUT2D eigenvalue weighted by atomic mass is 10.0. The Hall–Kier alpha value is -4.13. The topological polar surface area (TPSA) is 231 Å². The van der Waals surface area contributed by atoms with Gasteiger partial charge in [-0.25, -0.2) is 4.79 Å². The largest absolute Gasteiger partial charge is 0.480 e. The summed E-state index contributed by atoms with van der Waals surface area (Å²) in [6, 6.07) is 4.55. The number of rotatable bonds is 15. The summed E-state index contributed by atoms with van der Waals surface area (Å²) in [6.45, 7) is 3.61. The molecule has 2 rings (SSSR count). The number of amides is 3. The Bertz CT molecular complexity index is 1140. The Balaban J connectivity index is 2.05. The van der Waals surface area contributed by atoms with Crippen LogP contribution in [0, 0.1) is 5.92 Å². The van der Waals surface area contributed by atoms with E-state index in [1.54, 1.807) is 6.20 Å². The molecule has 13 heteroatoms. The lowest BCUT2D eigenvalue weighted by Crippen LogP contribution is -2.54. The number of guanidine groups is 1. The molecule has 0 radical (unpaired) electrons. The monoisotopic (exact) mass is 530 g/mol. The summed E-state index contributed by atoms with van der Waals surface area (Å²) in [7, 11) is 0. The molecule has 0 bridgehead atoms. The van der Waals surface area contributed by atoms with E-state index in [2.05, 4.69) is 25.9 Å². The normalized spacial score (nSPS) is 13.4. The van der Waals surface area contributed by atoms with Gasteiger partial charge < -0.3 is 43.2 Å². The van der Waals surface area contributed by atoms with Gasteiger partial charge in [-0.15, -0.1) is 0 Å². The van der Waals surface area contributed by atoms with Gasteiger partial charge >= 0.3 is 5.97 Å². The number of H-pyrrole nitrogens is 1. The molecule has 2 aromatic rings. The molecular weight excluding hydrogens is 492 g/mol. The number of hydrogen-bond donors (Lipinski definition) is 8. The zero-order valence-corrected chi connectivity index (χ0v) is 21.7. The number of nitrogens with two attached hydrogens (primary N) is 3. The highest BCUT2D eigenvalue weighted by atomic mass is 16.4. The molecule has 208 valence electrons. The molecular formula is C25H38N8O5. The third kappa shape index (κ3) is 9.73. The van der Waals surface area contributed by atoms with Crippen molar-refractivity contribution in [2.24, 2.45) is 28.1 Å². The van der Waals surface area contributed by atoms with E-state index in [0.717, 1.165) is 16.5 Å². The molecule has 13 nitrogen and oxygen atoms in total. The first-order chi connectivity index (χ1) is 18.0. The number of para-hydroxylation sites is 1. The Labute approximate surface area is 221 Å².